The third-order valence-electron chi connectivity index (χ3n) is 2.93. The Morgan fingerprint density at radius 3 is 2.95 bits per heavy atom. The molecule has 102 valence electrons. The van der Waals surface area contributed by atoms with E-state index in [2.05, 4.69) is 0 Å². The summed E-state index contributed by atoms with van der Waals surface area (Å²) in [5.41, 5.74) is 0.334. The van der Waals surface area contributed by atoms with Crippen molar-refractivity contribution in [2.45, 2.75) is 13.3 Å². The minimum absolute atomic E-state index is 0.0475. The summed E-state index contributed by atoms with van der Waals surface area (Å²) in [6.07, 6.45) is 0.381. The van der Waals surface area contributed by atoms with E-state index in [9.17, 15) is 14.0 Å². The van der Waals surface area contributed by atoms with Crippen LogP contribution in [0.1, 0.15) is 13.3 Å². The van der Waals surface area contributed by atoms with Crippen molar-refractivity contribution >= 4 is 51.1 Å². The van der Waals surface area contributed by atoms with Crippen molar-refractivity contribution in [3.05, 3.63) is 27.6 Å². The minimum Gasteiger partial charge on any atom is -0.309 e. The first kappa shape index (κ1) is 14.8. The normalized spacial score (nSPS) is 19.0. The van der Waals surface area contributed by atoms with Crippen LogP contribution in [0.4, 0.5) is 10.1 Å². The molecule has 3 nitrogen and oxygen atoms in total. The number of hydrogen-bond donors (Lipinski definition) is 0. The second-order valence-corrected chi connectivity index (χ2v) is 6.92. The Morgan fingerprint density at radius 1 is 1.58 bits per heavy atom. The standard InChI is InChI=1S/C13H13FINO2S/c1-8(17)19-7-9-4-13(18)16(6-9)12-3-2-10(15)5-11(12)14/h2-3,5,9H,4,6-7H2,1H3. The summed E-state index contributed by atoms with van der Waals surface area (Å²) in [6, 6.07) is 4.83. The van der Waals surface area contributed by atoms with Crippen molar-refractivity contribution in [1.29, 1.82) is 0 Å². The second-order valence-electron chi connectivity index (χ2n) is 4.47. The van der Waals surface area contributed by atoms with Gasteiger partial charge in [-0.2, -0.15) is 0 Å². The van der Waals surface area contributed by atoms with Crippen LogP contribution in [-0.2, 0) is 9.59 Å². The fourth-order valence-corrected chi connectivity index (χ4v) is 3.21. The molecule has 1 saturated heterocycles. The van der Waals surface area contributed by atoms with Crippen LogP contribution in [0.25, 0.3) is 0 Å². The van der Waals surface area contributed by atoms with Gasteiger partial charge in [0.15, 0.2) is 5.12 Å². The van der Waals surface area contributed by atoms with E-state index in [1.807, 2.05) is 22.6 Å². The molecule has 0 spiro atoms. The van der Waals surface area contributed by atoms with Crippen LogP contribution < -0.4 is 4.90 Å². The molecule has 1 unspecified atom stereocenters. The number of thioether (sulfide) groups is 1. The molecule has 1 aromatic carbocycles. The van der Waals surface area contributed by atoms with E-state index in [1.54, 1.807) is 12.1 Å². The molecule has 6 heteroatoms. The van der Waals surface area contributed by atoms with Crippen LogP contribution in [-0.4, -0.2) is 23.3 Å². The van der Waals surface area contributed by atoms with Crippen LogP contribution >= 0.6 is 34.4 Å². The number of amides is 1. The maximum Gasteiger partial charge on any atom is 0.227 e. The van der Waals surface area contributed by atoms with Gasteiger partial charge in [0, 0.05) is 29.2 Å². The van der Waals surface area contributed by atoms with Crippen LogP contribution in [0.3, 0.4) is 0 Å². The summed E-state index contributed by atoms with van der Waals surface area (Å²) < 4.78 is 14.7. The molecule has 1 aromatic rings. The van der Waals surface area contributed by atoms with Gasteiger partial charge >= 0.3 is 0 Å². The fraction of sp³-hybridized carbons (Fsp3) is 0.385. The van der Waals surface area contributed by atoms with Crippen LogP contribution in [0.5, 0.6) is 0 Å². The molecule has 1 aliphatic heterocycles. The molecule has 2 rings (SSSR count). The molecule has 1 heterocycles. The maximum atomic E-state index is 13.9. The molecule has 0 aliphatic carbocycles. The van der Waals surface area contributed by atoms with E-state index in [-0.39, 0.29) is 22.8 Å². The zero-order chi connectivity index (χ0) is 14.0. The molecule has 0 bridgehead atoms. The summed E-state index contributed by atoms with van der Waals surface area (Å²) >= 11 is 3.25. The third-order valence-corrected chi connectivity index (χ3v) is 4.64. The zero-order valence-corrected chi connectivity index (χ0v) is 13.3. The van der Waals surface area contributed by atoms with E-state index in [0.717, 1.165) is 3.57 Å². The Kier molecular flexibility index (Phi) is 4.83. The van der Waals surface area contributed by atoms with Gasteiger partial charge in [-0.05, 0) is 46.7 Å². The summed E-state index contributed by atoms with van der Waals surface area (Å²) in [6.45, 7) is 1.99. The number of hydrogen-bond acceptors (Lipinski definition) is 3. The highest BCUT2D eigenvalue weighted by molar-refractivity contribution is 14.1. The van der Waals surface area contributed by atoms with Gasteiger partial charge in [0.25, 0.3) is 0 Å². The topological polar surface area (TPSA) is 37.4 Å². The van der Waals surface area contributed by atoms with Crippen molar-refractivity contribution in [3.63, 3.8) is 0 Å². The highest BCUT2D eigenvalue weighted by Crippen LogP contribution is 2.29. The Hall–Kier alpha value is -0.630. The van der Waals surface area contributed by atoms with Gasteiger partial charge in [-0.25, -0.2) is 4.39 Å². The summed E-state index contributed by atoms with van der Waals surface area (Å²) in [4.78, 5) is 24.3. The Balaban J connectivity index is 2.09. The van der Waals surface area contributed by atoms with Crippen molar-refractivity contribution in [1.82, 2.24) is 0 Å². The van der Waals surface area contributed by atoms with E-state index >= 15 is 0 Å². The first-order chi connectivity index (χ1) is 8.97. The SMILES string of the molecule is CC(=O)SCC1CC(=O)N(c2ccc(I)cc2F)C1. The first-order valence-electron chi connectivity index (χ1n) is 5.86. The van der Waals surface area contributed by atoms with E-state index < -0.39 is 0 Å². The van der Waals surface area contributed by atoms with Crippen LogP contribution in [0.2, 0.25) is 0 Å². The van der Waals surface area contributed by atoms with Gasteiger partial charge in [0.05, 0.1) is 5.69 Å². The van der Waals surface area contributed by atoms with Gasteiger partial charge in [-0.15, -0.1) is 0 Å². The van der Waals surface area contributed by atoms with Crippen molar-refractivity contribution < 1.29 is 14.0 Å². The Morgan fingerprint density at radius 2 is 2.32 bits per heavy atom. The van der Waals surface area contributed by atoms with E-state index in [4.69, 9.17) is 0 Å². The summed E-state index contributed by atoms with van der Waals surface area (Å²) in [7, 11) is 0. The lowest BCUT2D eigenvalue weighted by Crippen LogP contribution is -2.25. The number of benzene rings is 1. The highest BCUT2D eigenvalue weighted by atomic mass is 127. The maximum absolute atomic E-state index is 13.9. The molecule has 1 aliphatic rings. The average Bonchev–Trinajstić information content (AvgIpc) is 2.68. The Bertz CT molecular complexity index is 523. The fourth-order valence-electron chi connectivity index (χ4n) is 2.06. The number of halogens is 2. The molecule has 1 amide bonds. The number of rotatable bonds is 3. The van der Waals surface area contributed by atoms with Crippen molar-refractivity contribution in [2.75, 3.05) is 17.2 Å². The van der Waals surface area contributed by atoms with Crippen molar-refractivity contribution in [3.8, 4) is 0 Å². The summed E-state index contributed by atoms with van der Waals surface area (Å²) in [5.74, 6) is 0.276. The lowest BCUT2D eigenvalue weighted by Gasteiger charge is -2.17. The molecular weight excluding hydrogens is 380 g/mol. The average molecular weight is 393 g/mol. The van der Waals surface area contributed by atoms with Gasteiger partial charge in [0.1, 0.15) is 5.82 Å². The molecule has 0 N–H and O–H groups in total. The molecule has 1 fully saturated rings. The molecular formula is C13H13FINO2S. The second kappa shape index (κ2) is 6.21. The smallest absolute Gasteiger partial charge is 0.227 e. The monoisotopic (exact) mass is 393 g/mol. The molecule has 0 radical (unpaired) electrons. The molecule has 0 aromatic heterocycles. The highest BCUT2D eigenvalue weighted by Gasteiger charge is 2.32. The van der Waals surface area contributed by atoms with Gasteiger partial charge in [-0.3, -0.25) is 9.59 Å². The third kappa shape index (κ3) is 3.68. The first-order valence-corrected chi connectivity index (χ1v) is 7.92. The van der Waals surface area contributed by atoms with E-state index in [1.165, 1.54) is 29.7 Å². The number of carbonyl (C=O) groups is 2. The number of anilines is 1. The lowest BCUT2D eigenvalue weighted by molar-refractivity contribution is -0.117. The molecule has 19 heavy (non-hydrogen) atoms. The van der Waals surface area contributed by atoms with E-state index in [0.29, 0.717) is 24.4 Å². The van der Waals surface area contributed by atoms with Gasteiger partial charge < -0.3 is 4.90 Å². The van der Waals surface area contributed by atoms with Gasteiger partial charge in [-0.1, -0.05) is 11.8 Å². The molecule has 1 atom stereocenters. The predicted octanol–water partition coefficient (Wildman–Crippen LogP) is 3.06. The zero-order valence-electron chi connectivity index (χ0n) is 10.4. The molecule has 0 saturated carbocycles. The van der Waals surface area contributed by atoms with Crippen LogP contribution in [0.15, 0.2) is 18.2 Å². The van der Waals surface area contributed by atoms with Crippen LogP contribution in [0, 0.1) is 15.3 Å². The largest absolute Gasteiger partial charge is 0.309 e. The quantitative estimate of drug-likeness (QED) is 0.741. The summed E-state index contributed by atoms with van der Waals surface area (Å²) in [5, 5.41) is 0.0475. The number of nitrogens with zero attached hydrogens (tertiary/aromatic N) is 1. The Labute approximate surface area is 129 Å². The predicted molar refractivity (Wildman–Crippen MR) is 82.7 cm³/mol. The lowest BCUT2D eigenvalue weighted by atomic mass is 10.1. The minimum atomic E-state index is -0.375. The van der Waals surface area contributed by atoms with Gasteiger partial charge in [0.2, 0.25) is 5.91 Å². The number of carbonyl (C=O) groups excluding carboxylic acids is 2. The van der Waals surface area contributed by atoms with Crippen molar-refractivity contribution in [2.24, 2.45) is 5.92 Å².